The van der Waals surface area contributed by atoms with E-state index in [0.717, 1.165) is 22.2 Å². The summed E-state index contributed by atoms with van der Waals surface area (Å²) in [6.45, 7) is 9.59. The molecule has 2 aliphatic heterocycles. The van der Waals surface area contributed by atoms with Crippen LogP contribution >= 0.6 is 0 Å². The molecule has 15 nitrogen and oxygen atoms in total. The number of esters is 1. The van der Waals surface area contributed by atoms with Crippen molar-refractivity contribution < 1.29 is 44.2 Å². The predicted octanol–water partition coefficient (Wildman–Crippen LogP) is 3.76. The number of hydrogen-bond acceptors (Lipinski definition) is 14. The molecule has 1 fully saturated rings. The van der Waals surface area contributed by atoms with Crippen molar-refractivity contribution in [2.45, 2.75) is 123 Å². The lowest BCUT2D eigenvalue weighted by molar-refractivity contribution is -0.304. The normalized spacial score (nSPS) is 32.9. The largest absolute Gasteiger partial charge is 0.462 e. The number of ether oxygens (including phenoxy) is 3. The van der Waals surface area contributed by atoms with Crippen LogP contribution in [0.2, 0.25) is 0 Å². The highest BCUT2D eigenvalue weighted by atomic mass is 16.7. The highest BCUT2D eigenvalue weighted by molar-refractivity contribution is 5.91. The number of nitrogens with one attached hydrogen (secondary N) is 1. The van der Waals surface area contributed by atoms with Gasteiger partial charge < -0.3 is 44.9 Å². The molecule has 0 bridgehead atoms. The maximum Gasteiger partial charge on any atom is 0.308 e. The Morgan fingerprint density at radius 3 is 2.53 bits per heavy atom. The molecule has 2 unspecified atom stereocenters. The van der Waals surface area contributed by atoms with Crippen LogP contribution in [0, 0.1) is 23.7 Å². The molecule has 0 amide bonds. The van der Waals surface area contributed by atoms with Gasteiger partial charge in [0.15, 0.2) is 12.1 Å². The minimum Gasteiger partial charge on any atom is -0.462 e. The third kappa shape index (κ3) is 12.3. The van der Waals surface area contributed by atoms with Crippen LogP contribution in [0.5, 0.6) is 0 Å². The highest BCUT2D eigenvalue weighted by Crippen LogP contribution is 2.34. The first kappa shape index (κ1) is 47.7. The number of para-hydroxylation sites is 1. The summed E-state index contributed by atoms with van der Waals surface area (Å²) in [7, 11) is 3.51. The van der Waals surface area contributed by atoms with Gasteiger partial charge in [-0.05, 0) is 77.9 Å². The monoisotopic (exact) mass is 822 g/mol. The van der Waals surface area contributed by atoms with E-state index in [-0.39, 0.29) is 32.2 Å². The molecule has 0 spiro atoms. The number of benzene rings is 1. The molecular weight excluding hydrogens is 757 g/mol. The van der Waals surface area contributed by atoms with Gasteiger partial charge in [-0.25, -0.2) is 4.68 Å². The topological polar surface area (TPSA) is 202 Å². The van der Waals surface area contributed by atoms with E-state index in [9.17, 15) is 30.0 Å². The van der Waals surface area contributed by atoms with Gasteiger partial charge in [0.25, 0.3) is 0 Å². The van der Waals surface area contributed by atoms with E-state index in [2.05, 4.69) is 20.6 Å². The number of aliphatic hydroxyl groups is 4. The summed E-state index contributed by atoms with van der Waals surface area (Å²) in [6.07, 6.45) is 2.69. The first-order valence-corrected chi connectivity index (χ1v) is 20.4. The number of hydrogen-bond donors (Lipinski definition) is 5. The van der Waals surface area contributed by atoms with Crippen LogP contribution in [-0.2, 0) is 30.3 Å². The second kappa shape index (κ2) is 22.1. The quantitative estimate of drug-likeness (QED) is 0.138. The summed E-state index contributed by atoms with van der Waals surface area (Å²) in [5.41, 5.74) is 3.10. The summed E-state index contributed by atoms with van der Waals surface area (Å²) in [5.74, 6) is -2.80. The van der Waals surface area contributed by atoms with Gasteiger partial charge in [0.1, 0.15) is 12.2 Å². The molecule has 0 radical (unpaired) electrons. The zero-order chi connectivity index (χ0) is 42.1. The van der Waals surface area contributed by atoms with Crippen LogP contribution in [-0.4, -0.2) is 133 Å². The van der Waals surface area contributed by atoms with Crippen molar-refractivity contribution in [1.82, 2.24) is 30.2 Å². The Morgan fingerprint density at radius 2 is 1.81 bits per heavy atom. The molecule has 15 heteroatoms. The maximum atomic E-state index is 13.7. The Labute approximate surface area is 348 Å². The lowest BCUT2D eigenvalue weighted by atomic mass is 9.79. The fourth-order valence-corrected chi connectivity index (χ4v) is 8.05. The third-order valence-electron chi connectivity index (χ3n) is 11.5. The number of aromatic nitrogens is 4. The van der Waals surface area contributed by atoms with Crippen molar-refractivity contribution in [3.8, 4) is 5.69 Å². The fraction of sp³-hybridized carbons (Fsp3) is 0.614. The Hall–Kier alpha value is -3.93. The van der Waals surface area contributed by atoms with Gasteiger partial charge >= 0.3 is 5.97 Å². The van der Waals surface area contributed by atoms with E-state index >= 15 is 0 Å². The third-order valence-corrected chi connectivity index (χ3v) is 11.5. The number of carbonyl (C=O) groups is 2. The molecule has 12 atom stereocenters. The van der Waals surface area contributed by atoms with Crippen molar-refractivity contribution in [1.29, 1.82) is 0 Å². The summed E-state index contributed by atoms with van der Waals surface area (Å²) < 4.78 is 20.3. The molecule has 59 heavy (non-hydrogen) atoms. The maximum absolute atomic E-state index is 13.7. The molecule has 5 N–H and O–H groups in total. The van der Waals surface area contributed by atoms with E-state index in [1.807, 2.05) is 57.3 Å². The first-order chi connectivity index (χ1) is 27.7. The number of pyridine rings is 1. The minimum atomic E-state index is -1.26. The van der Waals surface area contributed by atoms with Crippen LogP contribution in [0.4, 0.5) is 0 Å². The number of cyclic esters (lactones) is 1. The molecular formula is C44H66N6O9. The van der Waals surface area contributed by atoms with Crippen LogP contribution < -0.4 is 5.32 Å². The zero-order valence-corrected chi connectivity index (χ0v) is 34.7. The van der Waals surface area contributed by atoms with Crippen molar-refractivity contribution in [3.05, 3.63) is 72.2 Å². The van der Waals surface area contributed by atoms with Gasteiger partial charge in [0.2, 0.25) is 0 Å². The molecule has 2 aromatic heterocycles. The summed E-state index contributed by atoms with van der Waals surface area (Å²) in [4.78, 5) is 33.3. The Morgan fingerprint density at radius 1 is 1.07 bits per heavy atom. The lowest BCUT2D eigenvalue weighted by Gasteiger charge is -2.46. The van der Waals surface area contributed by atoms with E-state index < -0.39 is 72.7 Å². The SMILES string of the molecule is C.CC[C@H]1OC(=O)C[C@@H](O)[C@H](C)[C@@H](O[C@@H]2O[C@H](C)[C@@H](O)C(N(C)C)C2O)[C@@H](CCNCc2cn(-c3cnc4ccccc4c3)nn2)C[C@@H](C)C(=O)/C=C/C(C)=C/[C@@H]1CO. The van der Waals surface area contributed by atoms with Gasteiger partial charge in [-0.3, -0.25) is 14.6 Å². The molecule has 0 aliphatic carbocycles. The van der Waals surface area contributed by atoms with Crippen LogP contribution in [0.1, 0.15) is 73.4 Å². The van der Waals surface area contributed by atoms with Crippen LogP contribution in [0.15, 0.2) is 66.5 Å². The predicted molar refractivity (Wildman–Crippen MR) is 224 cm³/mol. The molecule has 0 saturated carbocycles. The van der Waals surface area contributed by atoms with Gasteiger partial charge in [0.05, 0.1) is 72.8 Å². The number of allylic oxidation sites excluding steroid dienone is 3. The number of carbonyl (C=O) groups excluding carboxylic acids is 2. The van der Waals surface area contributed by atoms with E-state index in [1.165, 1.54) is 6.08 Å². The summed E-state index contributed by atoms with van der Waals surface area (Å²) in [5, 5.41) is 57.4. The van der Waals surface area contributed by atoms with Crippen molar-refractivity contribution in [3.63, 3.8) is 0 Å². The highest BCUT2D eigenvalue weighted by Gasteiger charge is 2.47. The second-order valence-corrected chi connectivity index (χ2v) is 16.2. The first-order valence-electron chi connectivity index (χ1n) is 20.4. The molecule has 2 aliphatic rings. The fourth-order valence-electron chi connectivity index (χ4n) is 8.05. The standard InChI is InChI=1S/C43H62N6O9.CH4/c1-8-37-31(24-50)17-25(2)13-14-35(51)26(3)18-30(15-16-44-21-32-23-49(47-46-32)33-19-29-11-9-10-12-34(29)45-22-33)42(27(4)36(52)20-38(53)57-37)58-43-41(55)39(48(6)7)40(54)28(5)56-43;/h9-14,17,19,22-23,26-28,30-31,36-37,39-44,50,52,54-55H,8,15-16,18,20-21,24H2,1-7H3;1H4/b14-13+,25-17+;/t26-,27+,28-,30+,31-,36-,37-,39?,40-,41?,42-,43+;/m1./s1. The zero-order valence-electron chi connectivity index (χ0n) is 34.7. The Balaban J connectivity index is 0.00000769. The van der Waals surface area contributed by atoms with Gasteiger partial charge in [-0.1, -0.05) is 69.3 Å². The molecule has 1 saturated heterocycles. The summed E-state index contributed by atoms with van der Waals surface area (Å²) >= 11 is 0. The smallest absolute Gasteiger partial charge is 0.308 e. The molecule has 4 heterocycles. The van der Waals surface area contributed by atoms with Crippen LogP contribution in [0.25, 0.3) is 16.6 Å². The number of fused-ring (bicyclic) bond motifs is 1. The van der Waals surface area contributed by atoms with Crippen molar-refractivity contribution in [2.75, 3.05) is 27.2 Å². The number of ketones is 1. The molecule has 1 aromatic carbocycles. The number of nitrogens with zero attached hydrogens (tertiary/aromatic N) is 5. The number of rotatable bonds is 11. The van der Waals surface area contributed by atoms with Gasteiger partial charge in [0, 0.05) is 29.7 Å². The average molecular weight is 823 g/mol. The molecule has 326 valence electrons. The van der Waals surface area contributed by atoms with Crippen molar-refractivity contribution >= 4 is 22.7 Å². The molecule has 5 rings (SSSR count). The van der Waals surface area contributed by atoms with E-state index in [4.69, 9.17) is 14.2 Å². The van der Waals surface area contributed by atoms with Gasteiger partial charge in [-0.15, -0.1) is 5.10 Å². The average Bonchev–Trinajstić information content (AvgIpc) is 3.68. The second-order valence-electron chi connectivity index (χ2n) is 16.2. The Bertz CT molecular complexity index is 1870. The van der Waals surface area contributed by atoms with Gasteiger partial charge in [-0.2, -0.15) is 0 Å². The van der Waals surface area contributed by atoms with E-state index in [1.54, 1.807) is 55.9 Å². The van der Waals surface area contributed by atoms with Crippen molar-refractivity contribution in [2.24, 2.45) is 23.7 Å². The summed E-state index contributed by atoms with van der Waals surface area (Å²) in [6, 6.07) is 9.13. The van der Waals surface area contributed by atoms with Crippen LogP contribution in [0.3, 0.4) is 0 Å². The Kier molecular flexibility index (Phi) is 17.9. The van der Waals surface area contributed by atoms with E-state index in [0.29, 0.717) is 38.0 Å². The molecule has 3 aromatic rings. The number of likely N-dealkylation sites (N-methyl/N-ethyl adjacent to an activating group) is 1. The minimum absolute atomic E-state index is 0. The number of aliphatic hydroxyl groups excluding tert-OH is 4. The lowest BCUT2D eigenvalue weighted by Crippen LogP contribution is -2.63.